The Morgan fingerprint density at radius 1 is 1.06 bits per heavy atom. The normalized spacial score (nSPS) is 13.3. The third kappa shape index (κ3) is 4.69. The molecule has 7 heteroatoms. The Bertz CT molecular complexity index is 1130. The van der Waals surface area contributed by atoms with E-state index in [1.807, 2.05) is 60.7 Å². The van der Waals surface area contributed by atoms with E-state index in [1.165, 1.54) is 0 Å². The number of anilines is 1. The molecule has 0 fully saturated rings. The quantitative estimate of drug-likeness (QED) is 0.374. The Morgan fingerprint density at radius 3 is 2.55 bits per heavy atom. The van der Waals surface area contributed by atoms with Gasteiger partial charge in [0.2, 0.25) is 0 Å². The van der Waals surface area contributed by atoms with E-state index in [4.69, 9.17) is 9.15 Å². The fourth-order valence-corrected chi connectivity index (χ4v) is 3.50. The first-order chi connectivity index (χ1) is 15.0. The molecule has 0 aliphatic carbocycles. The molecule has 0 bridgehead atoms. The SMILES string of the molecule is COc1ccc(NC(O)CN(C)C(O)c2cc(-c3ccco3)nc3ccccc23)cc1. The van der Waals surface area contributed by atoms with Gasteiger partial charge in [-0.3, -0.25) is 4.90 Å². The largest absolute Gasteiger partial charge is 0.497 e. The summed E-state index contributed by atoms with van der Waals surface area (Å²) in [4.78, 5) is 6.33. The molecule has 0 radical (unpaired) electrons. The van der Waals surface area contributed by atoms with Crippen LogP contribution < -0.4 is 10.1 Å². The summed E-state index contributed by atoms with van der Waals surface area (Å²) in [5, 5.41) is 25.5. The number of aliphatic hydroxyl groups excluding tert-OH is 2. The van der Waals surface area contributed by atoms with E-state index >= 15 is 0 Å². The van der Waals surface area contributed by atoms with Crippen LogP contribution in [0.4, 0.5) is 5.69 Å². The zero-order valence-corrected chi connectivity index (χ0v) is 17.4. The van der Waals surface area contributed by atoms with Gasteiger partial charge in [0.05, 0.1) is 18.9 Å². The molecule has 4 rings (SSSR count). The van der Waals surface area contributed by atoms with Crippen LogP contribution in [-0.2, 0) is 0 Å². The molecule has 4 aromatic rings. The van der Waals surface area contributed by atoms with Crippen LogP contribution >= 0.6 is 0 Å². The van der Waals surface area contributed by atoms with Crippen molar-refractivity contribution in [2.24, 2.45) is 0 Å². The molecule has 160 valence electrons. The van der Waals surface area contributed by atoms with Gasteiger partial charge in [-0.25, -0.2) is 4.98 Å². The summed E-state index contributed by atoms with van der Waals surface area (Å²) in [6.45, 7) is 0.194. The molecule has 31 heavy (non-hydrogen) atoms. The smallest absolute Gasteiger partial charge is 0.152 e. The van der Waals surface area contributed by atoms with Crippen LogP contribution in [-0.4, -0.2) is 47.0 Å². The van der Waals surface area contributed by atoms with Crippen molar-refractivity contribution in [2.75, 3.05) is 26.0 Å². The molecule has 2 aromatic heterocycles. The number of rotatable bonds is 8. The molecule has 2 atom stereocenters. The first-order valence-corrected chi connectivity index (χ1v) is 9.95. The number of nitrogens with zero attached hydrogens (tertiary/aromatic N) is 2. The van der Waals surface area contributed by atoms with Gasteiger partial charge in [0, 0.05) is 23.2 Å². The van der Waals surface area contributed by atoms with Crippen molar-refractivity contribution in [3.05, 3.63) is 78.6 Å². The monoisotopic (exact) mass is 419 g/mol. The maximum atomic E-state index is 11.1. The minimum Gasteiger partial charge on any atom is -0.497 e. The summed E-state index contributed by atoms with van der Waals surface area (Å²) in [5.74, 6) is 1.37. The lowest BCUT2D eigenvalue weighted by atomic mass is 10.0. The van der Waals surface area contributed by atoms with Gasteiger partial charge in [-0.05, 0) is 55.6 Å². The van der Waals surface area contributed by atoms with Crippen molar-refractivity contribution in [3.8, 4) is 17.2 Å². The molecule has 0 spiro atoms. The molecule has 3 N–H and O–H groups in total. The topological polar surface area (TPSA) is 91.0 Å². The molecule has 0 aliphatic heterocycles. The lowest BCUT2D eigenvalue weighted by molar-refractivity contribution is -0.00130. The van der Waals surface area contributed by atoms with Crippen molar-refractivity contribution in [2.45, 2.75) is 12.5 Å². The molecule has 2 aromatic carbocycles. The fraction of sp³-hybridized carbons (Fsp3) is 0.208. The summed E-state index contributed by atoms with van der Waals surface area (Å²) >= 11 is 0. The summed E-state index contributed by atoms with van der Waals surface area (Å²) in [7, 11) is 3.36. The van der Waals surface area contributed by atoms with Crippen LogP contribution in [0.1, 0.15) is 11.8 Å². The number of aliphatic hydroxyl groups is 2. The number of nitrogens with one attached hydrogen (secondary N) is 1. The number of furan rings is 1. The number of methoxy groups -OCH3 is 1. The molecule has 0 saturated carbocycles. The number of benzene rings is 2. The summed E-state index contributed by atoms with van der Waals surface area (Å²) in [6.07, 6.45) is -0.241. The molecule has 2 heterocycles. The van der Waals surface area contributed by atoms with E-state index in [1.54, 1.807) is 31.4 Å². The summed E-state index contributed by atoms with van der Waals surface area (Å²) in [5.41, 5.74) is 2.85. The number of hydrogen-bond acceptors (Lipinski definition) is 7. The van der Waals surface area contributed by atoms with Gasteiger partial charge in [-0.15, -0.1) is 0 Å². The van der Waals surface area contributed by atoms with Gasteiger partial charge in [-0.1, -0.05) is 18.2 Å². The van der Waals surface area contributed by atoms with Crippen LogP contribution in [0.25, 0.3) is 22.4 Å². The van der Waals surface area contributed by atoms with E-state index in [0.29, 0.717) is 17.0 Å². The number of likely N-dealkylation sites (N-methyl/N-ethyl adjacent to an activating group) is 1. The highest BCUT2D eigenvalue weighted by molar-refractivity contribution is 5.85. The Hall–Kier alpha value is -3.39. The number of pyridine rings is 1. The highest BCUT2D eigenvalue weighted by Crippen LogP contribution is 2.30. The lowest BCUT2D eigenvalue weighted by Crippen LogP contribution is -2.36. The van der Waals surface area contributed by atoms with Crippen LogP contribution in [0.15, 0.2) is 77.4 Å². The molecule has 2 unspecified atom stereocenters. The second-order valence-electron chi connectivity index (χ2n) is 7.29. The second-order valence-corrected chi connectivity index (χ2v) is 7.29. The van der Waals surface area contributed by atoms with Crippen molar-refractivity contribution >= 4 is 16.6 Å². The van der Waals surface area contributed by atoms with Crippen molar-refractivity contribution < 1.29 is 19.4 Å². The first-order valence-electron chi connectivity index (χ1n) is 9.95. The molecule has 0 saturated heterocycles. The van der Waals surface area contributed by atoms with Crippen LogP contribution in [0, 0.1) is 0 Å². The Morgan fingerprint density at radius 2 is 1.84 bits per heavy atom. The van der Waals surface area contributed by atoms with Crippen LogP contribution in [0.5, 0.6) is 5.75 Å². The average molecular weight is 419 g/mol. The highest BCUT2D eigenvalue weighted by Gasteiger charge is 2.21. The number of ether oxygens (including phenoxy) is 1. The standard InChI is InChI=1S/C24H25N3O4/c1-27(15-23(28)25-16-9-11-17(30-2)12-10-16)24(29)19-14-21(22-8-5-13-31-22)26-20-7-4-3-6-18(19)20/h3-14,23-25,28-29H,15H2,1-2H3. The maximum Gasteiger partial charge on any atom is 0.152 e. The second kappa shape index (κ2) is 9.18. The van der Waals surface area contributed by atoms with Crippen molar-refractivity contribution in [1.29, 1.82) is 0 Å². The van der Waals surface area contributed by atoms with Crippen molar-refractivity contribution in [1.82, 2.24) is 9.88 Å². The molecular formula is C24H25N3O4. The Labute approximate surface area is 180 Å². The molecule has 0 aliphatic rings. The summed E-state index contributed by atoms with van der Waals surface area (Å²) in [6, 6.07) is 20.4. The number of para-hydroxylation sites is 1. The van der Waals surface area contributed by atoms with E-state index in [2.05, 4.69) is 10.3 Å². The fourth-order valence-electron chi connectivity index (χ4n) is 3.50. The van der Waals surface area contributed by atoms with E-state index < -0.39 is 12.5 Å². The van der Waals surface area contributed by atoms with Gasteiger partial charge in [-0.2, -0.15) is 0 Å². The van der Waals surface area contributed by atoms with Gasteiger partial charge in [0.1, 0.15) is 23.9 Å². The number of fused-ring (bicyclic) bond motifs is 1. The molecule has 0 amide bonds. The zero-order chi connectivity index (χ0) is 21.8. The minimum atomic E-state index is -0.950. The van der Waals surface area contributed by atoms with Crippen LogP contribution in [0.2, 0.25) is 0 Å². The lowest BCUT2D eigenvalue weighted by Gasteiger charge is -2.27. The average Bonchev–Trinajstić information content (AvgIpc) is 3.33. The van der Waals surface area contributed by atoms with Gasteiger partial charge in [0.15, 0.2) is 5.76 Å². The Balaban J connectivity index is 1.54. The Kier molecular flexibility index (Phi) is 6.18. The summed E-state index contributed by atoms with van der Waals surface area (Å²) < 4.78 is 10.6. The van der Waals surface area contributed by atoms with E-state index in [9.17, 15) is 10.2 Å². The minimum absolute atomic E-state index is 0.194. The van der Waals surface area contributed by atoms with Crippen LogP contribution in [0.3, 0.4) is 0 Å². The van der Waals surface area contributed by atoms with Gasteiger partial charge < -0.3 is 24.7 Å². The predicted molar refractivity (Wildman–Crippen MR) is 120 cm³/mol. The predicted octanol–water partition coefficient (Wildman–Crippen LogP) is 3.86. The van der Waals surface area contributed by atoms with Gasteiger partial charge in [0.25, 0.3) is 0 Å². The van der Waals surface area contributed by atoms with Gasteiger partial charge >= 0.3 is 0 Å². The van der Waals surface area contributed by atoms with E-state index in [-0.39, 0.29) is 6.54 Å². The maximum absolute atomic E-state index is 11.1. The highest BCUT2D eigenvalue weighted by atomic mass is 16.5. The molecular weight excluding hydrogens is 394 g/mol. The first kappa shape index (κ1) is 20.9. The molecule has 7 nitrogen and oxygen atoms in total. The van der Waals surface area contributed by atoms with E-state index in [0.717, 1.165) is 22.3 Å². The number of hydrogen-bond donors (Lipinski definition) is 3. The zero-order valence-electron chi connectivity index (χ0n) is 17.4. The third-order valence-corrected chi connectivity index (χ3v) is 5.10. The van der Waals surface area contributed by atoms with Crippen molar-refractivity contribution in [3.63, 3.8) is 0 Å². The third-order valence-electron chi connectivity index (χ3n) is 5.10. The number of aromatic nitrogens is 1.